The van der Waals surface area contributed by atoms with Crippen LogP contribution in [0.5, 0.6) is 0 Å². The van der Waals surface area contributed by atoms with E-state index in [9.17, 15) is 14.4 Å². The molecule has 92 valence electrons. The number of carbonyl (C=O) groups excluding carboxylic acids is 1. The molecule has 6 nitrogen and oxygen atoms in total. The van der Waals surface area contributed by atoms with Gasteiger partial charge in [0.05, 0.1) is 0 Å². The van der Waals surface area contributed by atoms with Crippen LogP contribution >= 0.6 is 0 Å². The maximum Gasteiger partial charge on any atom is 0.322 e. The van der Waals surface area contributed by atoms with Crippen LogP contribution in [0, 0.1) is 0 Å². The van der Waals surface area contributed by atoms with Crippen molar-refractivity contribution in [3.05, 3.63) is 0 Å². The molecule has 0 saturated carbocycles. The molecule has 3 N–H and O–H groups in total. The van der Waals surface area contributed by atoms with E-state index in [1.54, 1.807) is 0 Å². The topological polar surface area (TPSA) is 104 Å². The largest absolute Gasteiger partial charge is 0.481 e. The Bertz CT molecular complexity index is 252. The second-order valence-electron chi connectivity index (χ2n) is 3.48. The molecule has 0 aromatic rings. The number of aliphatic carboxylic acids is 2. The fourth-order valence-corrected chi connectivity index (χ4v) is 1.18. The molecule has 0 bridgehead atoms. The molecule has 16 heavy (non-hydrogen) atoms. The summed E-state index contributed by atoms with van der Waals surface area (Å²) in [6.07, 6.45) is 3.29. The number of hydrogen-bond acceptors (Lipinski definition) is 3. The van der Waals surface area contributed by atoms with Crippen LogP contribution in [0.2, 0.25) is 0 Å². The van der Waals surface area contributed by atoms with Gasteiger partial charge in [-0.25, -0.2) is 0 Å². The third-order valence-electron chi connectivity index (χ3n) is 1.98. The first kappa shape index (κ1) is 14.4. The Hall–Kier alpha value is -1.59. The van der Waals surface area contributed by atoms with Crippen LogP contribution in [0.25, 0.3) is 0 Å². The van der Waals surface area contributed by atoms with Crippen molar-refractivity contribution >= 4 is 17.8 Å². The number of carboxylic acids is 2. The molecule has 6 heteroatoms. The van der Waals surface area contributed by atoms with E-state index in [0.717, 1.165) is 12.8 Å². The van der Waals surface area contributed by atoms with Gasteiger partial charge in [0.1, 0.15) is 6.54 Å². The third-order valence-corrected chi connectivity index (χ3v) is 1.98. The zero-order valence-corrected chi connectivity index (χ0v) is 9.07. The van der Waals surface area contributed by atoms with E-state index in [0.29, 0.717) is 19.3 Å². The van der Waals surface area contributed by atoms with E-state index in [2.05, 4.69) is 5.32 Å². The van der Waals surface area contributed by atoms with Crippen molar-refractivity contribution in [3.63, 3.8) is 0 Å². The lowest BCUT2D eigenvalue weighted by Crippen LogP contribution is -2.28. The second kappa shape index (κ2) is 8.70. The molecular weight excluding hydrogens is 217 g/mol. The smallest absolute Gasteiger partial charge is 0.322 e. The number of nitrogens with one attached hydrogen (secondary N) is 1. The molecule has 1 amide bonds. The van der Waals surface area contributed by atoms with Gasteiger partial charge in [0.2, 0.25) is 5.91 Å². The molecule has 0 atom stereocenters. The second-order valence-corrected chi connectivity index (χ2v) is 3.48. The molecule has 0 aliphatic rings. The van der Waals surface area contributed by atoms with Crippen molar-refractivity contribution in [1.29, 1.82) is 0 Å². The minimum absolute atomic E-state index is 0.158. The summed E-state index contributed by atoms with van der Waals surface area (Å²) in [5.74, 6) is -2.14. The summed E-state index contributed by atoms with van der Waals surface area (Å²) in [5, 5.41) is 18.9. The highest BCUT2D eigenvalue weighted by Gasteiger charge is 2.03. The number of carbonyl (C=O) groups is 3. The maximum atomic E-state index is 11.0. The van der Waals surface area contributed by atoms with Gasteiger partial charge in [0, 0.05) is 12.8 Å². The summed E-state index contributed by atoms with van der Waals surface area (Å²) >= 11 is 0. The summed E-state index contributed by atoms with van der Waals surface area (Å²) in [4.78, 5) is 31.3. The van der Waals surface area contributed by atoms with Gasteiger partial charge in [-0.15, -0.1) is 0 Å². The monoisotopic (exact) mass is 234 g/mol. The molecule has 0 spiro atoms. The number of amides is 1. The molecule has 0 radical (unpaired) electrons. The molecule has 0 unspecified atom stereocenters. The first-order valence-corrected chi connectivity index (χ1v) is 5.22. The van der Waals surface area contributed by atoms with Crippen molar-refractivity contribution in [2.75, 3.05) is 6.54 Å². The molecular formula is C10H17NO5. The zero-order chi connectivity index (χ0) is 12.4. The lowest BCUT2D eigenvalue weighted by atomic mass is 10.1. The summed E-state index contributed by atoms with van der Waals surface area (Å²) in [6.45, 7) is -0.349. The summed E-state index contributed by atoms with van der Waals surface area (Å²) in [5.41, 5.74) is 0. The Kier molecular flexibility index (Phi) is 7.83. The molecule has 0 fully saturated rings. The van der Waals surface area contributed by atoms with Crippen molar-refractivity contribution in [1.82, 2.24) is 5.32 Å². The average Bonchev–Trinajstić information content (AvgIpc) is 2.19. The van der Waals surface area contributed by atoms with Crippen LogP contribution in [-0.4, -0.2) is 34.6 Å². The molecule has 0 aromatic carbocycles. The van der Waals surface area contributed by atoms with Crippen molar-refractivity contribution in [2.45, 2.75) is 38.5 Å². The van der Waals surface area contributed by atoms with E-state index in [1.165, 1.54) is 0 Å². The van der Waals surface area contributed by atoms with Crippen LogP contribution in [-0.2, 0) is 14.4 Å². The lowest BCUT2D eigenvalue weighted by Gasteiger charge is -2.01. The Morgan fingerprint density at radius 2 is 1.38 bits per heavy atom. The van der Waals surface area contributed by atoms with Crippen molar-refractivity contribution < 1.29 is 24.6 Å². The number of hydrogen-bond donors (Lipinski definition) is 3. The van der Waals surface area contributed by atoms with Gasteiger partial charge in [-0.2, -0.15) is 0 Å². The van der Waals surface area contributed by atoms with Gasteiger partial charge in [-0.1, -0.05) is 12.8 Å². The molecule has 0 saturated heterocycles. The summed E-state index contributed by atoms with van der Waals surface area (Å²) < 4.78 is 0. The minimum atomic E-state index is -1.06. The van der Waals surface area contributed by atoms with E-state index in [4.69, 9.17) is 10.2 Å². The fourth-order valence-electron chi connectivity index (χ4n) is 1.18. The predicted octanol–water partition coefficient (Wildman–Crippen LogP) is 0.612. The van der Waals surface area contributed by atoms with Crippen molar-refractivity contribution in [2.24, 2.45) is 0 Å². The predicted molar refractivity (Wildman–Crippen MR) is 56.0 cm³/mol. The standard InChI is InChI=1S/C10H17NO5/c12-8(11-7-10(15)16)5-3-1-2-4-6-9(13)14/h1-7H2,(H,11,12)(H,13,14)(H,15,16)/i7+1,10+1,11+1. The molecule has 0 aliphatic heterocycles. The first-order chi connectivity index (χ1) is 7.52. The van der Waals surface area contributed by atoms with Crippen LogP contribution < -0.4 is 5.32 Å². The highest BCUT2D eigenvalue weighted by atomic mass is 16.5. The molecule has 0 aromatic heterocycles. The van der Waals surface area contributed by atoms with Gasteiger partial charge in [-0.05, 0) is 12.8 Å². The lowest BCUT2D eigenvalue weighted by molar-refractivity contribution is -0.138. The van der Waals surface area contributed by atoms with Gasteiger partial charge in [0.15, 0.2) is 0 Å². The zero-order valence-electron chi connectivity index (χ0n) is 9.07. The summed E-state index contributed by atoms with van der Waals surface area (Å²) in [7, 11) is 0. The first-order valence-electron chi connectivity index (χ1n) is 5.22. The van der Waals surface area contributed by atoms with Gasteiger partial charge in [0.25, 0.3) is 0 Å². The van der Waals surface area contributed by atoms with Gasteiger partial charge in [-0.3, -0.25) is 14.4 Å². The molecule has 0 heterocycles. The Labute approximate surface area is 93.6 Å². The number of unbranched alkanes of at least 4 members (excludes halogenated alkanes) is 3. The Morgan fingerprint density at radius 3 is 1.88 bits per heavy atom. The van der Waals surface area contributed by atoms with Gasteiger partial charge < -0.3 is 15.5 Å². The number of rotatable bonds is 9. The van der Waals surface area contributed by atoms with E-state index in [1.807, 2.05) is 0 Å². The van der Waals surface area contributed by atoms with Crippen molar-refractivity contribution in [3.8, 4) is 0 Å². The molecule has 0 rings (SSSR count). The minimum Gasteiger partial charge on any atom is -0.481 e. The molecule has 0 aliphatic carbocycles. The summed E-state index contributed by atoms with van der Waals surface area (Å²) in [6, 6.07) is 0. The third kappa shape index (κ3) is 10.5. The van der Waals surface area contributed by atoms with Crippen LogP contribution in [0.3, 0.4) is 0 Å². The average molecular weight is 234 g/mol. The Balaban J connectivity index is 3.27. The van der Waals surface area contributed by atoms with Crippen LogP contribution in [0.15, 0.2) is 0 Å². The van der Waals surface area contributed by atoms with Gasteiger partial charge >= 0.3 is 11.9 Å². The maximum absolute atomic E-state index is 11.0. The van der Waals surface area contributed by atoms with E-state index in [-0.39, 0.29) is 18.9 Å². The highest BCUT2D eigenvalue weighted by molar-refractivity contribution is 5.80. The Morgan fingerprint density at radius 1 is 0.812 bits per heavy atom. The number of carboxylic acid groups (broad SMARTS) is 2. The quantitative estimate of drug-likeness (QED) is 0.308. The SMILES string of the molecule is O=C(O)CCCCCCC(=O)[15NH][13CH2][13C](=O)O. The normalized spacial score (nSPS) is 9.75. The van der Waals surface area contributed by atoms with Crippen LogP contribution in [0.1, 0.15) is 38.5 Å². The highest BCUT2D eigenvalue weighted by Crippen LogP contribution is 2.05. The van der Waals surface area contributed by atoms with E-state index < -0.39 is 11.9 Å². The van der Waals surface area contributed by atoms with E-state index >= 15 is 0 Å². The fraction of sp³-hybridized carbons (Fsp3) is 0.700. The van der Waals surface area contributed by atoms with Crippen LogP contribution in [0.4, 0.5) is 0 Å².